The molecule has 0 radical (unpaired) electrons. The van der Waals surface area contributed by atoms with Crippen molar-refractivity contribution in [2.45, 2.75) is 11.3 Å². The van der Waals surface area contributed by atoms with Gasteiger partial charge in [-0.2, -0.15) is 13.2 Å². The number of thioether (sulfide) groups is 1. The molecule has 7 nitrogen and oxygen atoms in total. The standard InChI is InChI=1S/C11H10F3N5O2S/c12-11(13,14)6-15-9(21)16-8(20)5-22-10-18-17-7-3-1-2-4-19(7)10/h1-4H,5-6H2,(H2,15,16,20,21). The Bertz CT molecular complexity index is 688. The third kappa shape index (κ3) is 4.62. The topological polar surface area (TPSA) is 88.4 Å². The second-order valence-corrected chi connectivity index (χ2v) is 4.99. The molecule has 0 aliphatic heterocycles. The van der Waals surface area contributed by atoms with Gasteiger partial charge in [0.05, 0.1) is 5.75 Å². The number of carbonyl (C=O) groups excluding carboxylic acids is 2. The number of pyridine rings is 1. The number of nitrogens with zero attached hydrogens (tertiary/aromatic N) is 3. The van der Waals surface area contributed by atoms with E-state index in [0.29, 0.717) is 10.8 Å². The highest BCUT2D eigenvalue weighted by molar-refractivity contribution is 7.99. The van der Waals surface area contributed by atoms with E-state index in [1.807, 2.05) is 0 Å². The summed E-state index contributed by atoms with van der Waals surface area (Å²) in [5, 5.41) is 11.5. The summed E-state index contributed by atoms with van der Waals surface area (Å²) in [6.45, 7) is -1.51. The van der Waals surface area contributed by atoms with E-state index in [1.54, 1.807) is 34.1 Å². The molecule has 0 fully saturated rings. The van der Waals surface area contributed by atoms with Crippen molar-refractivity contribution in [3.63, 3.8) is 0 Å². The Morgan fingerprint density at radius 2 is 2.05 bits per heavy atom. The number of carbonyl (C=O) groups is 2. The van der Waals surface area contributed by atoms with E-state index in [0.717, 1.165) is 11.8 Å². The van der Waals surface area contributed by atoms with E-state index >= 15 is 0 Å². The van der Waals surface area contributed by atoms with Crippen LogP contribution < -0.4 is 10.6 Å². The molecule has 0 saturated heterocycles. The third-order valence-electron chi connectivity index (χ3n) is 2.32. The fourth-order valence-electron chi connectivity index (χ4n) is 1.44. The number of halogens is 3. The van der Waals surface area contributed by atoms with Gasteiger partial charge in [-0.3, -0.25) is 14.5 Å². The molecule has 11 heteroatoms. The molecule has 0 atom stereocenters. The number of fused-ring (bicyclic) bond motifs is 1. The third-order valence-corrected chi connectivity index (χ3v) is 3.26. The second-order valence-electron chi connectivity index (χ2n) is 4.05. The van der Waals surface area contributed by atoms with Crippen molar-refractivity contribution in [1.29, 1.82) is 0 Å². The van der Waals surface area contributed by atoms with Crippen LogP contribution in [0.4, 0.5) is 18.0 Å². The minimum atomic E-state index is -4.53. The van der Waals surface area contributed by atoms with Crippen molar-refractivity contribution >= 4 is 29.3 Å². The van der Waals surface area contributed by atoms with Crippen LogP contribution in [0.25, 0.3) is 5.65 Å². The molecule has 0 spiro atoms. The number of alkyl halides is 3. The molecule has 2 N–H and O–H groups in total. The monoisotopic (exact) mass is 333 g/mol. The zero-order valence-corrected chi connectivity index (χ0v) is 11.7. The first kappa shape index (κ1) is 16.1. The first-order valence-electron chi connectivity index (χ1n) is 5.92. The number of imide groups is 1. The van der Waals surface area contributed by atoms with Crippen LogP contribution >= 0.6 is 11.8 Å². The number of aromatic nitrogens is 3. The Morgan fingerprint density at radius 3 is 2.77 bits per heavy atom. The number of hydrogen-bond donors (Lipinski definition) is 2. The number of amides is 3. The fraction of sp³-hybridized carbons (Fsp3) is 0.273. The largest absolute Gasteiger partial charge is 0.405 e. The van der Waals surface area contributed by atoms with Crippen LogP contribution in [0.2, 0.25) is 0 Å². The predicted molar refractivity (Wildman–Crippen MR) is 71.3 cm³/mol. The van der Waals surface area contributed by atoms with Crippen LogP contribution in [0, 0.1) is 0 Å². The highest BCUT2D eigenvalue weighted by Crippen LogP contribution is 2.16. The van der Waals surface area contributed by atoms with Crippen molar-refractivity contribution in [3.05, 3.63) is 24.4 Å². The van der Waals surface area contributed by atoms with Crippen molar-refractivity contribution in [2.24, 2.45) is 0 Å². The Kier molecular flexibility index (Phi) is 4.85. The van der Waals surface area contributed by atoms with Crippen LogP contribution in [0.5, 0.6) is 0 Å². The van der Waals surface area contributed by atoms with Gasteiger partial charge in [-0.15, -0.1) is 10.2 Å². The summed E-state index contributed by atoms with van der Waals surface area (Å²) in [4.78, 5) is 22.6. The molecule has 2 aromatic heterocycles. The molecule has 0 unspecified atom stereocenters. The van der Waals surface area contributed by atoms with Gasteiger partial charge in [0.1, 0.15) is 6.54 Å². The molecule has 0 aromatic carbocycles. The van der Waals surface area contributed by atoms with Crippen molar-refractivity contribution in [2.75, 3.05) is 12.3 Å². The van der Waals surface area contributed by atoms with Crippen molar-refractivity contribution in [3.8, 4) is 0 Å². The first-order valence-corrected chi connectivity index (χ1v) is 6.91. The molecular formula is C11H10F3N5O2S. The van der Waals surface area contributed by atoms with Crippen molar-refractivity contribution in [1.82, 2.24) is 25.2 Å². The van der Waals surface area contributed by atoms with Crippen LogP contribution in [0.15, 0.2) is 29.6 Å². The Balaban J connectivity index is 1.82. The lowest BCUT2D eigenvalue weighted by atomic mass is 10.5. The molecule has 0 bridgehead atoms. The summed E-state index contributed by atoms with van der Waals surface area (Å²) < 4.78 is 37.3. The van der Waals surface area contributed by atoms with Crippen LogP contribution in [0.3, 0.4) is 0 Å². The molecule has 0 saturated carbocycles. The van der Waals surface area contributed by atoms with Gasteiger partial charge < -0.3 is 5.32 Å². The summed E-state index contributed by atoms with van der Waals surface area (Å²) >= 11 is 1.01. The summed E-state index contributed by atoms with van der Waals surface area (Å²) in [6, 6.07) is 4.05. The quantitative estimate of drug-likeness (QED) is 0.821. The van der Waals surface area contributed by atoms with Gasteiger partial charge in [-0.1, -0.05) is 17.8 Å². The first-order chi connectivity index (χ1) is 10.3. The predicted octanol–water partition coefficient (Wildman–Crippen LogP) is 1.21. The average Bonchev–Trinajstić information content (AvgIpc) is 2.85. The zero-order chi connectivity index (χ0) is 16.2. The average molecular weight is 333 g/mol. The molecule has 2 aromatic rings. The minimum absolute atomic E-state index is 0.185. The lowest BCUT2D eigenvalue weighted by molar-refractivity contribution is -0.124. The number of rotatable bonds is 4. The van der Waals surface area contributed by atoms with E-state index in [2.05, 4.69) is 10.2 Å². The lowest BCUT2D eigenvalue weighted by Crippen LogP contribution is -2.43. The molecule has 2 heterocycles. The molecule has 2 rings (SSSR count). The van der Waals surface area contributed by atoms with E-state index in [9.17, 15) is 22.8 Å². The molecule has 3 amide bonds. The summed E-state index contributed by atoms with van der Waals surface area (Å²) in [5.74, 6) is -0.924. The van der Waals surface area contributed by atoms with E-state index in [-0.39, 0.29) is 5.75 Å². The van der Waals surface area contributed by atoms with Gasteiger partial charge in [0.15, 0.2) is 10.8 Å². The van der Waals surface area contributed by atoms with Gasteiger partial charge in [0.25, 0.3) is 0 Å². The summed E-state index contributed by atoms with van der Waals surface area (Å²) in [5.41, 5.74) is 0.591. The van der Waals surface area contributed by atoms with Gasteiger partial charge in [0, 0.05) is 6.20 Å². The SMILES string of the molecule is O=C(CSc1nnc2ccccn12)NC(=O)NCC(F)(F)F. The molecule has 0 aliphatic rings. The molecule has 118 valence electrons. The lowest BCUT2D eigenvalue weighted by Gasteiger charge is -2.08. The van der Waals surface area contributed by atoms with Crippen molar-refractivity contribution < 1.29 is 22.8 Å². The smallest absolute Gasteiger partial charge is 0.329 e. The Labute approximate surface area is 126 Å². The van der Waals surface area contributed by atoms with E-state index in [4.69, 9.17) is 0 Å². The maximum absolute atomic E-state index is 11.9. The maximum Gasteiger partial charge on any atom is 0.405 e. The number of hydrogen-bond acceptors (Lipinski definition) is 5. The van der Waals surface area contributed by atoms with Crippen LogP contribution in [0.1, 0.15) is 0 Å². The minimum Gasteiger partial charge on any atom is -0.329 e. The molecule has 22 heavy (non-hydrogen) atoms. The van der Waals surface area contributed by atoms with Crippen LogP contribution in [-0.2, 0) is 4.79 Å². The second kappa shape index (κ2) is 6.64. The van der Waals surface area contributed by atoms with E-state index < -0.39 is 24.7 Å². The number of nitrogens with one attached hydrogen (secondary N) is 2. The number of urea groups is 1. The van der Waals surface area contributed by atoms with Crippen LogP contribution in [-0.4, -0.2) is 45.0 Å². The van der Waals surface area contributed by atoms with Gasteiger partial charge in [-0.05, 0) is 12.1 Å². The van der Waals surface area contributed by atoms with Gasteiger partial charge in [-0.25, -0.2) is 4.79 Å². The normalized spacial score (nSPS) is 11.4. The zero-order valence-electron chi connectivity index (χ0n) is 10.9. The molecule has 0 aliphatic carbocycles. The fourth-order valence-corrected chi connectivity index (χ4v) is 2.16. The summed E-state index contributed by atoms with van der Waals surface area (Å²) in [7, 11) is 0. The Morgan fingerprint density at radius 1 is 1.27 bits per heavy atom. The molecular weight excluding hydrogens is 323 g/mol. The Hall–Kier alpha value is -2.30. The highest BCUT2D eigenvalue weighted by atomic mass is 32.2. The summed E-state index contributed by atoms with van der Waals surface area (Å²) in [6.07, 6.45) is -2.83. The van der Waals surface area contributed by atoms with Gasteiger partial charge >= 0.3 is 12.2 Å². The van der Waals surface area contributed by atoms with E-state index in [1.165, 1.54) is 5.32 Å². The maximum atomic E-state index is 11.9. The van der Waals surface area contributed by atoms with Gasteiger partial charge in [0.2, 0.25) is 5.91 Å². The highest BCUT2D eigenvalue weighted by Gasteiger charge is 2.27.